The van der Waals surface area contributed by atoms with Crippen LogP contribution in [0, 0.1) is 0 Å². The van der Waals surface area contributed by atoms with Crippen molar-refractivity contribution in [2.45, 2.75) is 19.3 Å². The standard InChI is InChI=1S/C16H13BrN4/c17-14-9-4-7-12(18-14)16-20-19-15-10-3-6-11-5-1-2-8-13(11)21(15)16/h1-2,4-5,7-9H,3,6,10H2. The Balaban J connectivity index is 1.97. The van der Waals surface area contributed by atoms with E-state index in [0.29, 0.717) is 0 Å². The molecule has 0 unspecified atom stereocenters. The Bertz CT molecular complexity index is 810. The van der Waals surface area contributed by atoms with Crippen molar-refractivity contribution in [2.24, 2.45) is 0 Å². The van der Waals surface area contributed by atoms with E-state index in [1.807, 2.05) is 18.2 Å². The molecular weight excluding hydrogens is 328 g/mol. The van der Waals surface area contributed by atoms with Crippen molar-refractivity contribution < 1.29 is 0 Å². The lowest BCUT2D eigenvalue weighted by Gasteiger charge is -2.11. The van der Waals surface area contributed by atoms with Crippen LogP contribution in [0.4, 0.5) is 0 Å². The Hall–Kier alpha value is -2.01. The number of halogens is 1. The molecule has 3 aromatic rings. The zero-order chi connectivity index (χ0) is 14.2. The second-order valence-corrected chi connectivity index (χ2v) is 5.92. The van der Waals surface area contributed by atoms with Crippen molar-refractivity contribution in [2.75, 3.05) is 0 Å². The van der Waals surface area contributed by atoms with Gasteiger partial charge in [-0.3, -0.25) is 4.57 Å². The number of pyridine rings is 1. The molecule has 0 amide bonds. The Morgan fingerprint density at radius 2 is 1.86 bits per heavy atom. The number of nitrogens with zero attached hydrogens (tertiary/aromatic N) is 4. The normalized spacial score (nSPS) is 13.4. The topological polar surface area (TPSA) is 43.6 Å². The average molecular weight is 341 g/mol. The van der Waals surface area contributed by atoms with Crippen LogP contribution in [0.25, 0.3) is 17.2 Å². The minimum atomic E-state index is 0.805. The first kappa shape index (κ1) is 12.7. The van der Waals surface area contributed by atoms with E-state index in [1.165, 1.54) is 11.3 Å². The van der Waals surface area contributed by atoms with Crippen LogP contribution >= 0.6 is 15.9 Å². The molecule has 1 aliphatic heterocycles. The lowest BCUT2D eigenvalue weighted by molar-refractivity contribution is 0.783. The molecule has 0 saturated carbocycles. The molecular formula is C16H13BrN4. The molecule has 0 saturated heterocycles. The summed E-state index contributed by atoms with van der Waals surface area (Å²) < 4.78 is 2.95. The largest absolute Gasteiger partial charge is 0.277 e. The summed E-state index contributed by atoms with van der Waals surface area (Å²) in [7, 11) is 0. The lowest BCUT2D eigenvalue weighted by atomic mass is 10.1. The molecule has 21 heavy (non-hydrogen) atoms. The van der Waals surface area contributed by atoms with E-state index in [1.54, 1.807) is 0 Å². The molecule has 0 atom stereocenters. The van der Waals surface area contributed by atoms with Crippen LogP contribution in [0.5, 0.6) is 0 Å². The number of para-hydroxylation sites is 1. The van der Waals surface area contributed by atoms with Crippen LogP contribution in [0.2, 0.25) is 0 Å². The Morgan fingerprint density at radius 3 is 2.76 bits per heavy atom. The minimum absolute atomic E-state index is 0.805. The van der Waals surface area contributed by atoms with Gasteiger partial charge in [-0.15, -0.1) is 10.2 Å². The average Bonchev–Trinajstić information content (AvgIpc) is 2.83. The zero-order valence-corrected chi connectivity index (χ0v) is 12.9. The van der Waals surface area contributed by atoms with Gasteiger partial charge < -0.3 is 0 Å². The Kier molecular flexibility index (Phi) is 3.07. The van der Waals surface area contributed by atoms with Crippen molar-refractivity contribution in [3.63, 3.8) is 0 Å². The lowest BCUT2D eigenvalue weighted by Crippen LogP contribution is -2.03. The Labute approximate surface area is 131 Å². The Morgan fingerprint density at radius 1 is 0.952 bits per heavy atom. The van der Waals surface area contributed by atoms with Gasteiger partial charge >= 0.3 is 0 Å². The first-order valence-electron chi connectivity index (χ1n) is 6.98. The van der Waals surface area contributed by atoms with Gasteiger partial charge in [0.05, 0.1) is 5.69 Å². The summed E-state index contributed by atoms with van der Waals surface area (Å²) in [6.45, 7) is 0. The van der Waals surface area contributed by atoms with Crippen LogP contribution in [0.15, 0.2) is 47.1 Å². The maximum absolute atomic E-state index is 4.52. The molecule has 4 nitrogen and oxygen atoms in total. The highest BCUT2D eigenvalue weighted by Gasteiger charge is 2.20. The third-order valence-corrected chi connectivity index (χ3v) is 4.19. The number of fused-ring (bicyclic) bond motifs is 3. The second-order valence-electron chi connectivity index (χ2n) is 5.10. The molecule has 1 aliphatic rings. The molecule has 5 heteroatoms. The summed E-state index contributed by atoms with van der Waals surface area (Å²) in [5.41, 5.74) is 3.35. The molecule has 2 aromatic heterocycles. The van der Waals surface area contributed by atoms with Crippen molar-refractivity contribution in [1.82, 2.24) is 19.7 Å². The van der Waals surface area contributed by atoms with Gasteiger partial charge in [0.15, 0.2) is 5.82 Å². The molecule has 3 heterocycles. The molecule has 104 valence electrons. The molecule has 0 aliphatic carbocycles. The van der Waals surface area contributed by atoms with Gasteiger partial charge in [0.25, 0.3) is 0 Å². The van der Waals surface area contributed by atoms with Crippen LogP contribution in [0.1, 0.15) is 17.8 Å². The summed E-state index contributed by atoms with van der Waals surface area (Å²) in [5.74, 6) is 1.82. The van der Waals surface area contributed by atoms with Crippen LogP contribution < -0.4 is 0 Å². The van der Waals surface area contributed by atoms with Crippen LogP contribution in [0.3, 0.4) is 0 Å². The van der Waals surface area contributed by atoms with Gasteiger partial charge in [-0.2, -0.15) is 0 Å². The molecule has 0 bridgehead atoms. The zero-order valence-electron chi connectivity index (χ0n) is 11.3. The highest BCUT2D eigenvalue weighted by atomic mass is 79.9. The van der Waals surface area contributed by atoms with Crippen molar-refractivity contribution in [3.8, 4) is 17.2 Å². The quantitative estimate of drug-likeness (QED) is 0.636. The number of rotatable bonds is 1. The highest BCUT2D eigenvalue weighted by Crippen LogP contribution is 2.28. The number of aromatic nitrogens is 4. The molecule has 0 N–H and O–H groups in total. The first-order chi connectivity index (χ1) is 10.3. The van der Waals surface area contributed by atoms with Gasteiger partial charge in [-0.1, -0.05) is 24.3 Å². The van der Waals surface area contributed by atoms with E-state index in [2.05, 4.69) is 59.9 Å². The van der Waals surface area contributed by atoms with E-state index in [0.717, 1.165) is 41.2 Å². The fourth-order valence-corrected chi connectivity index (χ4v) is 3.15. The third kappa shape index (κ3) is 2.17. The summed E-state index contributed by atoms with van der Waals surface area (Å²) >= 11 is 3.42. The van der Waals surface area contributed by atoms with Gasteiger partial charge in [-0.25, -0.2) is 4.98 Å². The summed E-state index contributed by atoms with van der Waals surface area (Å²) in [4.78, 5) is 4.52. The summed E-state index contributed by atoms with van der Waals surface area (Å²) in [6.07, 6.45) is 3.11. The predicted octanol–water partition coefficient (Wildman–Crippen LogP) is 3.58. The number of benzene rings is 1. The van der Waals surface area contributed by atoms with Crippen molar-refractivity contribution in [3.05, 3.63) is 58.5 Å². The fourth-order valence-electron chi connectivity index (χ4n) is 2.81. The number of aryl methyl sites for hydroxylation is 2. The number of hydrogen-bond acceptors (Lipinski definition) is 3. The van der Waals surface area contributed by atoms with Crippen molar-refractivity contribution in [1.29, 1.82) is 0 Å². The smallest absolute Gasteiger partial charge is 0.187 e. The molecule has 4 rings (SSSR count). The maximum atomic E-state index is 4.52. The minimum Gasteiger partial charge on any atom is -0.277 e. The van der Waals surface area contributed by atoms with Crippen LogP contribution in [-0.2, 0) is 12.8 Å². The van der Waals surface area contributed by atoms with E-state index < -0.39 is 0 Å². The maximum Gasteiger partial charge on any atom is 0.187 e. The molecule has 1 aromatic carbocycles. The van der Waals surface area contributed by atoms with Gasteiger partial charge in [0.2, 0.25) is 0 Å². The molecule has 0 fully saturated rings. The first-order valence-corrected chi connectivity index (χ1v) is 7.78. The van der Waals surface area contributed by atoms with E-state index in [9.17, 15) is 0 Å². The SMILES string of the molecule is Brc1cccc(-c2nnc3n2-c2ccccc2CCC3)n1. The molecule has 0 radical (unpaired) electrons. The third-order valence-electron chi connectivity index (χ3n) is 3.75. The predicted molar refractivity (Wildman–Crippen MR) is 84.3 cm³/mol. The van der Waals surface area contributed by atoms with Gasteiger partial charge in [-0.05, 0) is 52.5 Å². The van der Waals surface area contributed by atoms with Crippen molar-refractivity contribution >= 4 is 15.9 Å². The van der Waals surface area contributed by atoms with Gasteiger partial charge in [0.1, 0.15) is 16.1 Å². The molecule has 0 spiro atoms. The fraction of sp³-hybridized carbons (Fsp3) is 0.188. The van der Waals surface area contributed by atoms with E-state index in [4.69, 9.17) is 0 Å². The monoisotopic (exact) mass is 340 g/mol. The summed E-state index contributed by atoms with van der Waals surface area (Å²) in [5, 5.41) is 8.76. The van der Waals surface area contributed by atoms with E-state index in [-0.39, 0.29) is 0 Å². The highest BCUT2D eigenvalue weighted by molar-refractivity contribution is 9.10. The van der Waals surface area contributed by atoms with E-state index >= 15 is 0 Å². The van der Waals surface area contributed by atoms with Crippen LogP contribution in [-0.4, -0.2) is 19.7 Å². The number of hydrogen-bond donors (Lipinski definition) is 0. The second kappa shape index (κ2) is 5.07. The summed E-state index contributed by atoms with van der Waals surface area (Å²) in [6, 6.07) is 14.3. The van der Waals surface area contributed by atoms with Gasteiger partial charge in [0, 0.05) is 6.42 Å².